The molecule has 0 unspecified atom stereocenters. The fourth-order valence-corrected chi connectivity index (χ4v) is 5.16. The maximum Gasteiger partial charge on any atom is 0.243 e. The number of thioether (sulfide) groups is 1. The monoisotopic (exact) mass is 542 g/mol. The van der Waals surface area contributed by atoms with Crippen molar-refractivity contribution < 1.29 is 9.59 Å². The summed E-state index contributed by atoms with van der Waals surface area (Å²) in [4.78, 5) is 28.9. The van der Waals surface area contributed by atoms with Crippen molar-refractivity contribution in [2.75, 3.05) is 5.75 Å². The Morgan fingerprint density at radius 3 is 1.97 bits per heavy atom. The van der Waals surface area contributed by atoms with Gasteiger partial charge in [0.1, 0.15) is 6.04 Å². The summed E-state index contributed by atoms with van der Waals surface area (Å²) in [5.74, 6) is 0.573. The highest BCUT2D eigenvalue weighted by Crippen LogP contribution is 2.28. The van der Waals surface area contributed by atoms with Crippen molar-refractivity contribution in [3.05, 3.63) is 106 Å². The Morgan fingerprint density at radius 1 is 0.861 bits per heavy atom. The first-order chi connectivity index (χ1) is 17.1. The summed E-state index contributed by atoms with van der Waals surface area (Å²) in [6.07, 6.45) is 0.375. The molecule has 0 saturated heterocycles. The van der Waals surface area contributed by atoms with Gasteiger partial charge in [0, 0.05) is 39.9 Å². The van der Waals surface area contributed by atoms with Crippen LogP contribution < -0.4 is 5.32 Å². The summed E-state index contributed by atoms with van der Waals surface area (Å²) in [6.45, 7) is 5.92. The second-order valence-corrected chi connectivity index (χ2v) is 11.4. The minimum atomic E-state index is -0.733. The van der Waals surface area contributed by atoms with E-state index in [9.17, 15) is 9.59 Å². The molecule has 1 atom stereocenters. The van der Waals surface area contributed by atoms with Gasteiger partial charge in [-0.2, -0.15) is 0 Å². The van der Waals surface area contributed by atoms with Gasteiger partial charge in [0.25, 0.3) is 0 Å². The molecule has 3 rings (SSSR count). The lowest BCUT2D eigenvalue weighted by atomic mass is 10.0. The fourth-order valence-electron chi connectivity index (χ4n) is 3.77. The van der Waals surface area contributed by atoms with Crippen molar-refractivity contribution in [3.8, 4) is 0 Å². The van der Waals surface area contributed by atoms with Crippen LogP contribution in [0.1, 0.15) is 37.5 Å². The topological polar surface area (TPSA) is 49.4 Å². The number of nitrogens with one attached hydrogen (secondary N) is 1. The maximum atomic E-state index is 13.7. The smallest absolute Gasteiger partial charge is 0.243 e. The maximum absolute atomic E-state index is 13.7. The number of halogens is 2. The lowest BCUT2D eigenvalue weighted by Crippen LogP contribution is -2.54. The van der Waals surface area contributed by atoms with Crippen LogP contribution >= 0.6 is 35.0 Å². The molecular weight excluding hydrogens is 511 g/mol. The predicted octanol–water partition coefficient (Wildman–Crippen LogP) is 6.78. The number of rotatable bonds is 10. The van der Waals surface area contributed by atoms with Crippen LogP contribution in [0.2, 0.25) is 10.0 Å². The molecule has 0 heterocycles. The fraction of sp³-hybridized carbons (Fsp3) is 0.310. The molecule has 0 aromatic heterocycles. The van der Waals surface area contributed by atoms with Crippen molar-refractivity contribution in [2.45, 2.75) is 51.1 Å². The SMILES string of the molecule is CC(C)(C)NC(=O)[C@@H](Cc1ccccc1)N(Cc1c(Cl)cccc1Cl)C(=O)CSCc1ccccc1. The Morgan fingerprint density at radius 2 is 1.42 bits per heavy atom. The number of benzene rings is 3. The Kier molecular flexibility index (Phi) is 10.3. The minimum absolute atomic E-state index is 0.137. The van der Waals surface area contributed by atoms with Crippen molar-refractivity contribution in [2.24, 2.45) is 0 Å². The van der Waals surface area contributed by atoms with E-state index < -0.39 is 11.6 Å². The summed E-state index contributed by atoms with van der Waals surface area (Å²) in [6, 6.07) is 24.3. The van der Waals surface area contributed by atoms with E-state index >= 15 is 0 Å². The molecule has 2 amide bonds. The van der Waals surface area contributed by atoms with Gasteiger partial charge < -0.3 is 10.2 Å². The van der Waals surface area contributed by atoms with Crippen LogP contribution in [0.5, 0.6) is 0 Å². The molecular formula is C29H32Cl2N2O2S. The van der Waals surface area contributed by atoms with E-state index in [-0.39, 0.29) is 24.1 Å². The highest BCUT2D eigenvalue weighted by atomic mass is 35.5. The molecule has 3 aromatic rings. The predicted molar refractivity (Wildman–Crippen MR) is 151 cm³/mol. The average molecular weight is 544 g/mol. The van der Waals surface area contributed by atoms with Crippen LogP contribution in [0.3, 0.4) is 0 Å². The van der Waals surface area contributed by atoms with Crippen LogP contribution in [-0.4, -0.2) is 34.0 Å². The van der Waals surface area contributed by atoms with E-state index in [2.05, 4.69) is 5.32 Å². The number of carbonyl (C=O) groups is 2. The Hall–Kier alpha value is -2.47. The molecule has 0 aliphatic rings. The van der Waals surface area contributed by atoms with Gasteiger partial charge in [-0.15, -0.1) is 11.8 Å². The van der Waals surface area contributed by atoms with Gasteiger partial charge in [-0.1, -0.05) is 89.9 Å². The zero-order valence-electron chi connectivity index (χ0n) is 20.8. The lowest BCUT2D eigenvalue weighted by Gasteiger charge is -2.34. The molecule has 4 nitrogen and oxygen atoms in total. The molecule has 0 spiro atoms. The zero-order valence-corrected chi connectivity index (χ0v) is 23.2. The third-order valence-corrected chi connectivity index (χ3v) is 7.19. The number of amides is 2. The van der Waals surface area contributed by atoms with Gasteiger partial charge in [-0.3, -0.25) is 9.59 Å². The van der Waals surface area contributed by atoms with Gasteiger partial charge in [-0.05, 0) is 44.0 Å². The Labute approximate surface area is 228 Å². The highest BCUT2D eigenvalue weighted by Gasteiger charge is 2.32. The number of carbonyl (C=O) groups excluding carboxylic acids is 2. The van der Waals surface area contributed by atoms with Crippen molar-refractivity contribution in [1.82, 2.24) is 10.2 Å². The van der Waals surface area contributed by atoms with E-state index in [0.717, 1.165) is 11.1 Å². The van der Waals surface area contributed by atoms with Gasteiger partial charge in [0.2, 0.25) is 11.8 Å². The van der Waals surface area contributed by atoms with E-state index in [1.165, 1.54) is 11.8 Å². The number of hydrogen-bond donors (Lipinski definition) is 1. The standard InChI is InChI=1S/C29H32Cl2N2O2S/c1-29(2,3)32-28(35)26(17-21-11-6-4-7-12-21)33(18-23-24(30)15-10-16-25(23)31)27(34)20-36-19-22-13-8-5-9-14-22/h4-16,26H,17-20H2,1-3H3,(H,32,35)/t26-/m1/s1. The molecule has 0 saturated carbocycles. The molecule has 0 bridgehead atoms. The highest BCUT2D eigenvalue weighted by molar-refractivity contribution is 7.99. The molecule has 1 N–H and O–H groups in total. The zero-order chi connectivity index (χ0) is 26.1. The molecule has 190 valence electrons. The molecule has 0 fully saturated rings. The van der Waals surface area contributed by atoms with E-state index in [0.29, 0.717) is 27.8 Å². The molecule has 0 aliphatic carbocycles. The first kappa shape index (κ1) is 28.1. The van der Waals surface area contributed by atoms with Gasteiger partial charge in [-0.25, -0.2) is 0 Å². The third kappa shape index (κ3) is 8.58. The quantitative estimate of drug-likeness (QED) is 0.307. The molecule has 7 heteroatoms. The van der Waals surface area contributed by atoms with E-state index in [1.807, 2.05) is 81.4 Å². The number of hydrogen-bond acceptors (Lipinski definition) is 3. The Balaban J connectivity index is 1.92. The molecule has 36 heavy (non-hydrogen) atoms. The van der Waals surface area contributed by atoms with Gasteiger partial charge in [0.15, 0.2) is 0 Å². The normalized spacial score (nSPS) is 12.1. The minimum Gasteiger partial charge on any atom is -0.350 e. The van der Waals surface area contributed by atoms with Gasteiger partial charge >= 0.3 is 0 Å². The molecule has 3 aromatic carbocycles. The number of nitrogens with zero attached hydrogens (tertiary/aromatic N) is 1. The molecule has 0 radical (unpaired) electrons. The van der Waals surface area contributed by atoms with Crippen molar-refractivity contribution in [1.29, 1.82) is 0 Å². The summed E-state index contributed by atoms with van der Waals surface area (Å²) in [5.41, 5.74) is 2.28. The van der Waals surface area contributed by atoms with E-state index in [1.54, 1.807) is 23.1 Å². The lowest BCUT2D eigenvalue weighted by molar-refractivity contribution is -0.140. The van der Waals surface area contributed by atoms with Crippen molar-refractivity contribution >= 4 is 46.8 Å². The Bertz CT molecular complexity index is 1130. The second kappa shape index (κ2) is 13.2. The summed E-state index contributed by atoms with van der Waals surface area (Å²) in [5, 5.41) is 4.00. The van der Waals surface area contributed by atoms with Crippen LogP contribution in [0, 0.1) is 0 Å². The van der Waals surface area contributed by atoms with Crippen LogP contribution in [0.25, 0.3) is 0 Å². The average Bonchev–Trinajstić information content (AvgIpc) is 2.83. The third-order valence-electron chi connectivity index (χ3n) is 5.50. The summed E-state index contributed by atoms with van der Waals surface area (Å²) >= 11 is 14.5. The van der Waals surface area contributed by atoms with Crippen LogP contribution in [0.4, 0.5) is 0 Å². The largest absolute Gasteiger partial charge is 0.350 e. The van der Waals surface area contributed by atoms with Crippen LogP contribution in [0.15, 0.2) is 78.9 Å². The summed E-state index contributed by atoms with van der Waals surface area (Å²) < 4.78 is 0. The summed E-state index contributed by atoms with van der Waals surface area (Å²) in [7, 11) is 0. The van der Waals surface area contributed by atoms with Crippen molar-refractivity contribution in [3.63, 3.8) is 0 Å². The first-order valence-electron chi connectivity index (χ1n) is 11.8. The second-order valence-electron chi connectivity index (χ2n) is 9.65. The van der Waals surface area contributed by atoms with E-state index in [4.69, 9.17) is 23.2 Å². The van der Waals surface area contributed by atoms with Crippen LogP contribution in [-0.2, 0) is 28.3 Å². The first-order valence-corrected chi connectivity index (χ1v) is 13.7. The van der Waals surface area contributed by atoms with Gasteiger partial charge in [0.05, 0.1) is 5.75 Å². The molecule has 0 aliphatic heterocycles.